The molecule has 0 aromatic heterocycles. The first-order chi connectivity index (χ1) is 7.19. The highest BCUT2D eigenvalue weighted by Gasteiger charge is 2.14. The zero-order valence-corrected chi connectivity index (χ0v) is 10.4. The lowest BCUT2D eigenvalue weighted by molar-refractivity contribution is 0.0923. The quantitative estimate of drug-likeness (QED) is 0.552. The van der Waals surface area contributed by atoms with Crippen LogP contribution in [0.5, 0.6) is 0 Å². The van der Waals surface area contributed by atoms with E-state index in [9.17, 15) is 4.79 Å². The van der Waals surface area contributed by atoms with Gasteiger partial charge in [-0.15, -0.1) is 11.8 Å². The first-order valence-electron chi connectivity index (χ1n) is 5.37. The van der Waals surface area contributed by atoms with Crippen LogP contribution in [0.15, 0.2) is 29.2 Å². The largest absolute Gasteiger partial charge is 0.294 e. The van der Waals surface area contributed by atoms with Crippen LogP contribution >= 0.6 is 11.8 Å². The van der Waals surface area contributed by atoms with E-state index >= 15 is 0 Å². The molecule has 0 spiro atoms. The highest BCUT2D eigenvalue weighted by molar-refractivity contribution is 7.98. The van der Waals surface area contributed by atoms with Crippen LogP contribution in [0.1, 0.15) is 37.0 Å². The van der Waals surface area contributed by atoms with Crippen molar-refractivity contribution in [2.24, 2.45) is 5.92 Å². The lowest BCUT2D eigenvalue weighted by Gasteiger charge is -2.09. The van der Waals surface area contributed by atoms with Crippen LogP contribution in [0.4, 0.5) is 0 Å². The number of rotatable bonds is 5. The third kappa shape index (κ3) is 3.38. The molecule has 2 heteroatoms. The van der Waals surface area contributed by atoms with Gasteiger partial charge in [-0.2, -0.15) is 0 Å². The van der Waals surface area contributed by atoms with Crippen molar-refractivity contribution in [3.8, 4) is 0 Å². The molecule has 0 radical (unpaired) electrons. The minimum atomic E-state index is 0.145. The summed E-state index contributed by atoms with van der Waals surface area (Å²) in [5.74, 6) is 0.417. The number of benzene rings is 1. The summed E-state index contributed by atoms with van der Waals surface area (Å²) < 4.78 is 0. The molecule has 0 saturated carbocycles. The van der Waals surface area contributed by atoms with Gasteiger partial charge in [0.2, 0.25) is 0 Å². The molecule has 1 aromatic rings. The number of Topliss-reactive ketones (excluding diaryl/α,β-unsaturated/α-hetero) is 1. The Hall–Kier alpha value is -0.760. The highest BCUT2D eigenvalue weighted by atomic mass is 32.2. The summed E-state index contributed by atoms with van der Waals surface area (Å²) in [6.07, 6.45) is 4.07. The van der Waals surface area contributed by atoms with Gasteiger partial charge in [0.25, 0.3) is 0 Å². The van der Waals surface area contributed by atoms with Gasteiger partial charge in [0.05, 0.1) is 0 Å². The fourth-order valence-corrected chi connectivity index (χ4v) is 2.08. The fourth-order valence-electron chi connectivity index (χ4n) is 1.62. The summed E-state index contributed by atoms with van der Waals surface area (Å²) in [5, 5.41) is 0. The normalized spacial score (nSPS) is 12.5. The lowest BCUT2D eigenvalue weighted by atomic mass is 9.95. The molecule has 82 valence electrons. The van der Waals surface area contributed by atoms with E-state index in [-0.39, 0.29) is 11.7 Å². The van der Waals surface area contributed by atoms with Crippen molar-refractivity contribution < 1.29 is 4.79 Å². The van der Waals surface area contributed by atoms with Gasteiger partial charge < -0.3 is 0 Å². The van der Waals surface area contributed by atoms with Gasteiger partial charge in [0.1, 0.15) is 0 Å². The summed E-state index contributed by atoms with van der Waals surface area (Å²) in [6, 6.07) is 7.89. The average molecular weight is 222 g/mol. The molecule has 0 saturated heterocycles. The summed E-state index contributed by atoms with van der Waals surface area (Å²) >= 11 is 1.67. The van der Waals surface area contributed by atoms with Crippen LogP contribution in [0, 0.1) is 5.92 Å². The summed E-state index contributed by atoms with van der Waals surface area (Å²) in [6.45, 7) is 4.12. The molecule has 1 atom stereocenters. The Morgan fingerprint density at radius 3 is 2.80 bits per heavy atom. The molecule has 0 heterocycles. The lowest BCUT2D eigenvalue weighted by Crippen LogP contribution is -2.10. The second kappa shape index (κ2) is 5.96. The van der Waals surface area contributed by atoms with Crippen molar-refractivity contribution in [2.75, 3.05) is 6.26 Å². The Balaban J connectivity index is 2.81. The summed E-state index contributed by atoms with van der Waals surface area (Å²) in [5.41, 5.74) is 0.850. The van der Waals surface area contributed by atoms with E-state index in [4.69, 9.17) is 0 Å². The maximum Gasteiger partial charge on any atom is 0.165 e. The maximum absolute atomic E-state index is 12.0. The van der Waals surface area contributed by atoms with E-state index in [1.807, 2.05) is 37.4 Å². The Labute approximate surface area is 96.3 Å². The fraction of sp³-hybridized carbons (Fsp3) is 0.462. The van der Waals surface area contributed by atoms with Crippen molar-refractivity contribution in [1.29, 1.82) is 0 Å². The van der Waals surface area contributed by atoms with E-state index in [1.54, 1.807) is 11.8 Å². The van der Waals surface area contributed by atoms with Crippen molar-refractivity contribution in [3.05, 3.63) is 29.8 Å². The number of hydrogen-bond acceptors (Lipinski definition) is 2. The molecular weight excluding hydrogens is 204 g/mol. The molecule has 0 bridgehead atoms. The Morgan fingerprint density at radius 1 is 1.47 bits per heavy atom. The molecule has 0 aliphatic rings. The number of ketones is 1. The van der Waals surface area contributed by atoms with Crippen molar-refractivity contribution in [2.45, 2.75) is 31.6 Å². The van der Waals surface area contributed by atoms with Crippen molar-refractivity contribution in [1.82, 2.24) is 0 Å². The molecule has 0 aliphatic heterocycles. The van der Waals surface area contributed by atoms with E-state index in [1.165, 1.54) is 0 Å². The van der Waals surface area contributed by atoms with Crippen LogP contribution in [0.3, 0.4) is 0 Å². The predicted octanol–water partition coefficient (Wildman–Crippen LogP) is 4.03. The van der Waals surface area contributed by atoms with Crippen molar-refractivity contribution in [3.63, 3.8) is 0 Å². The molecule has 0 fully saturated rings. The molecule has 1 nitrogen and oxygen atoms in total. The molecule has 1 unspecified atom stereocenters. The van der Waals surface area contributed by atoms with Gasteiger partial charge in [-0.3, -0.25) is 4.79 Å². The number of carbonyl (C=O) groups is 1. The highest BCUT2D eigenvalue weighted by Crippen LogP contribution is 2.19. The zero-order chi connectivity index (χ0) is 11.3. The predicted molar refractivity (Wildman–Crippen MR) is 66.6 cm³/mol. The molecule has 0 N–H and O–H groups in total. The number of carbonyl (C=O) groups excluding carboxylic acids is 1. The van der Waals surface area contributed by atoms with Gasteiger partial charge >= 0.3 is 0 Å². The molecule has 0 aliphatic carbocycles. The van der Waals surface area contributed by atoms with Gasteiger partial charge in [-0.1, -0.05) is 32.4 Å². The third-order valence-corrected chi connectivity index (χ3v) is 3.25. The molecule has 0 amide bonds. The summed E-state index contributed by atoms with van der Waals surface area (Å²) in [4.78, 5) is 13.2. The molecule has 1 rings (SSSR count). The second-order valence-corrected chi connectivity index (χ2v) is 4.67. The molecule has 15 heavy (non-hydrogen) atoms. The van der Waals surface area contributed by atoms with E-state index in [0.29, 0.717) is 0 Å². The third-order valence-electron chi connectivity index (χ3n) is 2.52. The molecular formula is C13H18OS. The Morgan fingerprint density at radius 2 is 2.20 bits per heavy atom. The smallest absolute Gasteiger partial charge is 0.165 e. The Bertz CT molecular complexity index is 333. The van der Waals surface area contributed by atoms with E-state index < -0.39 is 0 Å². The van der Waals surface area contributed by atoms with Gasteiger partial charge in [-0.05, 0) is 24.8 Å². The monoisotopic (exact) mass is 222 g/mol. The van der Waals surface area contributed by atoms with Crippen LogP contribution < -0.4 is 0 Å². The first-order valence-corrected chi connectivity index (χ1v) is 6.59. The van der Waals surface area contributed by atoms with Gasteiger partial charge in [0, 0.05) is 16.4 Å². The average Bonchev–Trinajstić information content (AvgIpc) is 2.28. The van der Waals surface area contributed by atoms with Gasteiger partial charge in [-0.25, -0.2) is 0 Å². The second-order valence-electron chi connectivity index (χ2n) is 3.79. The van der Waals surface area contributed by atoms with Crippen LogP contribution in [-0.2, 0) is 0 Å². The molecule has 1 aromatic carbocycles. The van der Waals surface area contributed by atoms with E-state index in [2.05, 4.69) is 6.92 Å². The number of hydrogen-bond donors (Lipinski definition) is 0. The SMILES string of the molecule is CCCC(C)C(=O)c1cccc(SC)c1. The maximum atomic E-state index is 12.0. The van der Waals surface area contributed by atoms with Gasteiger partial charge in [0.15, 0.2) is 5.78 Å². The number of thioether (sulfide) groups is 1. The minimum absolute atomic E-state index is 0.145. The Kier molecular flexibility index (Phi) is 4.89. The summed E-state index contributed by atoms with van der Waals surface area (Å²) in [7, 11) is 0. The van der Waals surface area contributed by atoms with Crippen molar-refractivity contribution >= 4 is 17.5 Å². The first kappa shape index (κ1) is 12.3. The van der Waals surface area contributed by atoms with Crippen LogP contribution in [0.2, 0.25) is 0 Å². The zero-order valence-electron chi connectivity index (χ0n) is 9.62. The topological polar surface area (TPSA) is 17.1 Å². The van der Waals surface area contributed by atoms with Crippen LogP contribution in [0.25, 0.3) is 0 Å². The van der Waals surface area contributed by atoms with E-state index in [0.717, 1.165) is 23.3 Å². The standard InChI is InChI=1S/C13H18OS/c1-4-6-10(2)13(14)11-7-5-8-12(9-11)15-3/h5,7-10H,4,6H2,1-3H3. The van der Waals surface area contributed by atoms with Crippen LogP contribution in [-0.4, -0.2) is 12.0 Å². The minimum Gasteiger partial charge on any atom is -0.294 e.